The summed E-state index contributed by atoms with van der Waals surface area (Å²) in [4.78, 5) is 0. The molecule has 4 nitrogen and oxygen atoms in total. The average molecular weight is 341 g/mol. The molecule has 2 rings (SSSR count). The van der Waals surface area contributed by atoms with Crippen LogP contribution in [0.25, 0.3) is 0 Å². The van der Waals surface area contributed by atoms with E-state index in [9.17, 15) is 8.78 Å². The molecule has 0 saturated heterocycles. The van der Waals surface area contributed by atoms with Crippen LogP contribution in [-0.2, 0) is 0 Å². The van der Waals surface area contributed by atoms with Gasteiger partial charge in [0.05, 0.1) is 5.71 Å². The highest BCUT2D eigenvalue weighted by Crippen LogP contribution is 2.21. The van der Waals surface area contributed by atoms with Gasteiger partial charge < -0.3 is 10.1 Å². The van der Waals surface area contributed by atoms with Crippen LogP contribution in [-0.4, -0.2) is 23.5 Å². The van der Waals surface area contributed by atoms with Crippen LogP contribution >= 0.6 is 12.2 Å². The number of hydrogen-bond donors (Lipinski definition) is 2. The van der Waals surface area contributed by atoms with E-state index in [-0.39, 0.29) is 5.75 Å². The second-order valence-corrected chi connectivity index (χ2v) is 5.90. The van der Waals surface area contributed by atoms with E-state index in [0.29, 0.717) is 22.4 Å². The van der Waals surface area contributed by atoms with E-state index in [0.717, 1.165) is 12.8 Å². The fraction of sp³-hybridized carbons (Fsp3) is 0.500. The molecule has 1 aliphatic rings. The van der Waals surface area contributed by atoms with Crippen LogP contribution in [0.1, 0.15) is 44.6 Å². The third-order valence-corrected chi connectivity index (χ3v) is 3.97. The largest absolute Gasteiger partial charge is 0.434 e. The fourth-order valence-electron chi connectivity index (χ4n) is 2.62. The maximum absolute atomic E-state index is 12.4. The lowest BCUT2D eigenvalue weighted by Crippen LogP contribution is -2.41. The van der Waals surface area contributed by atoms with Crippen molar-refractivity contribution < 1.29 is 13.5 Å². The first-order valence-electron chi connectivity index (χ1n) is 7.71. The molecule has 1 aromatic carbocycles. The number of rotatable bonds is 5. The summed E-state index contributed by atoms with van der Waals surface area (Å²) in [6.45, 7) is -1.16. The Morgan fingerprint density at radius 1 is 1.26 bits per heavy atom. The number of thiocarbonyl (C=S) groups is 1. The Bertz CT molecular complexity index is 560. The van der Waals surface area contributed by atoms with Gasteiger partial charge in [-0.2, -0.15) is 13.9 Å². The number of nitrogens with one attached hydrogen (secondary N) is 2. The molecule has 1 saturated carbocycles. The minimum absolute atomic E-state index is 0.0942. The molecule has 0 aromatic heterocycles. The number of ether oxygens (including phenoxy) is 1. The Morgan fingerprint density at radius 2 is 1.96 bits per heavy atom. The molecule has 0 unspecified atom stereocenters. The second-order valence-electron chi connectivity index (χ2n) is 5.49. The highest BCUT2D eigenvalue weighted by atomic mass is 32.1. The molecule has 7 heteroatoms. The Balaban J connectivity index is 1.95. The zero-order chi connectivity index (χ0) is 16.7. The minimum Gasteiger partial charge on any atom is -0.434 e. The third kappa shape index (κ3) is 5.74. The van der Waals surface area contributed by atoms with Gasteiger partial charge in [-0.15, -0.1) is 0 Å². The van der Waals surface area contributed by atoms with Gasteiger partial charge >= 0.3 is 6.61 Å². The van der Waals surface area contributed by atoms with Gasteiger partial charge in [-0.05, 0) is 44.1 Å². The molecule has 1 fully saturated rings. The van der Waals surface area contributed by atoms with Crippen LogP contribution in [0.4, 0.5) is 8.78 Å². The minimum atomic E-state index is -2.87. The van der Waals surface area contributed by atoms with Crippen molar-refractivity contribution in [3.63, 3.8) is 0 Å². The predicted molar refractivity (Wildman–Crippen MR) is 91.0 cm³/mol. The van der Waals surface area contributed by atoms with Crippen LogP contribution in [0, 0.1) is 0 Å². The molecule has 0 radical (unpaired) electrons. The monoisotopic (exact) mass is 341 g/mol. The molecule has 2 N–H and O–H groups in total. The van der Waals surface area contributed by atoms with Crippen LogP contribution in [0.15, 0.2) is 29.4 Å². The van der Waals surface area contributed by atoms with Gasteiger partial charge in [-0.3, -0.25) is 5.43 Å². The summed E-state index contributed by atoms with van der Waals surface area (Å²) in [5, 5.41) is 7.85. The lowest BCUT2D eigenvalue weighted by Gasteiger charge is -2.23. The maximum Gasteiger partial charge on any atom is 0.387 e. The Hall–Kier alpha value is -1.76. The zero-order valence-corrected chi connectivity index (χ0v) is 13.8. The molecule has 0 amide bonds. The van der Waals surface area contributed by atoms with Crippen molar-refractivity contribution in [1.82, 2.24) is 10.7 Å². The summed E-state index contributed by atoms with van der Waals surface area (Å²) in [7, 11) is 0. The molecular weight excluding hydrogens is 320 g/mol. The molecule has 0 aliphatic heterocycles. The predicted octanol–water partition coefficient (Wildman–Crippen LogP) is 3.81. The van der Waals surface area contributed by atoms with Crippen molar-refractivity contribution in [1.29, 1.82) is 0 Å². The van der Waals surface area contributed by atoms with Gasteiger partial charge in [0.15, 0.2) is 5.11 Å². The molecule has 23 heavy (non-hydrogen) atoms. The molecule has 0 heterocycles. The van der Waals surface area contributed by atoms with E-state index in [1.165, 1.54) is 25.3 Å². The van der Waals surface area contributed by atoms with Gasteiger partial charge in [0.25, 0.3) is 0 Å². The zero-order valence-electron chi connectivity index (χ0n) is 13.0. The molecule has 0 bridgehead atoms. The smallest absolute Gasteiger partial charge is 0.387 e. The van der Waals surface area contributed by atoms with Gasteiger partial charge in [-0.1, -0.05) is 31.4 Å². The van der Waals surface area contributed by atoms with Gasteiger partial charge in [0, 0.05) is 11.6 Å². The molecule has 1 aliphatic carbocycles. The number of benzene rings is 1. The SMILES string of the molecule is CC(=NNC(=S)NC1CCCCC1)c1ccccc1OC(F)F. The Kier molecular flexibility index (Phi) is 6.70. The summed E-state index contributed by atoms with van der Waals surface area (Å²) in [6.07, 6.45) is 5.91. The molecule has 1 aromatic rings. The van der Waals surface area contributed by atoms with Crippen molar-refractivity contribution in [3.8, 4) is 5.75 Å². The average Bonchev–Trinajstić information content (AvgIpc) is 2.53. The molecule has 0 spiro atoms. The van der Waals surface area contributed by atoms with Gasteiger partial charge in [-0.25, -0.2) is 0 Å². The van der Waals surface area contributed by atoms with Crippen molar-refractivity contribution in [2.24, 2.45) is 5.10 Å². The Labute approximate surface area is 140 Å². The fourth-order valence-corrected chi connectivity index (χ4v) is 2.84. The van der Waals surface area contributed by atoms with Crippen LogP contribution in [0.2, 0.25) is 0 Å². The maximum atomic E-state index is 12.4. The van der Waals surface area contributed by atoms with E-state index in [1.54, 1.807) is 25.1 Å². The summed E-state index contributed by atoms with van der Waals surface area (Å²) < 4.78 is 29.4. The van der Waals surface area contributed by atoms with Gasteiger partial charge in [0.2, 0.25) is 0 Å². The van der Waals surface area contributed by atoms with Crippen molar-refractivity contribution >= 4 is 23.0 Å². The first-order chi connectivity index (χ1) is 11.1. The Morgan fingerprint density at radius 3 is 2.65 bits per heavy atom. The van der Waals surface area contributed by atoms with Crippen molar-refractivity contribution in [3.05, 3.63) is 29.8 Å². The summed E-state index contributed by atoms with van der Waals surface area (Å²) in [6, 6.07) is 6.92. The summed E-state index contributed by atoms with van der Waals surface area (Å²) >= 11 is 5.23. The summed E-state index contributed by atoms with van der Waals surface area (Å²) in [5.74, 6) is 0.0942. The number of hydrogen-bond acceptors (Lipinski definition) is 3. The molecular formula is C16H21F2N3OS. The highest BCUT2D eigenvalue weighted by molar-refractivity contribution is 7.80. The van der Waals surface area contributed by atoms with E-state index >= 15 is 0 Å². The van der Waals surface area contributed by atoms with Crippen LogP contribution < -0.4 is 15.5 Å². The van der Waals surface area contributed by atoms with E-state index in [4.69, 9.17) is 12.2 Å². The number of para-hydroxylation sites is 1. The molecule has 126 valence electrons. The van der Waals surface area contributed by atoms with Crippen LogP contribution in [0.5, 0.6) is 5.75 Å². The number of hydrazone groups is 1. The van der Waals surface area contributed by atoms with E-state index < -0.39 is 6.61 Å². The first-order valence-corrected chi connectivity index (χ1v) is 8.12. The summed E-state index contributed by atoms with van der Waals surface area (Å²) in [5.41, 5.74) is 3.80. The number of halogens is 2. The standard InChI is InChI=1S/C16H21F2N3OS/c1-11(13-9-5-6-10-14(13)22-15(17)18)20-21-16(23)19-12-7-3-2-4-8-12/h5-6,9-10,12,15H,2-4,7-8H2,1H3,(H2,19,21,23). The lowest BCUT2D eigenvalue weighted by atomic mass is 9.96. The first kappa shape index (κ1) is 17.6. The third-order valence-electron chi connectivity index (χ3n) is 3.76. The van der Waals surface area contributed by atoms with Crippen molar-refractivity contribution in [2.75, 3.05) is 0 Å². The number of alkyl halides is 2. The van der Waals surface area contributed by atoms with Crippen LogP contribution in [0.3, 0.4) is 0 Å². The second kappa shape index (κ2) is 8.76. The van der Waals surface area contributed by atoms with E-state index in [1.807, 2.05) is 0 Å². The van der Waals surface area contributed by atoms with E-state index in [2.05, 4.69) is 20.6 Å². The topological polar surface area (TPSA) is 45.7 Å². The van der Waals surface area contributed by atoms with Crippen molar-refractivity contribution in [2.45, 2.75) is 51.7 Å². The lowest BCUT2D eigenvalue weighted by molar-refractivity contribution is -0.0499. The molecule has 0 atom stereocenters. The number of nitrogens with zero attached hydrogens (tertiary/aromatic N) is 1. The normalized spacial score (nSPS) is 16.3. The van der Waals surface area contributed by atoms with Gasteiger partial charge in [0.1, 0.15) is 5.75 Å². The quantitative estimate of drug-likeness (QED) is 0.486. The highest BCUT2D eigenvalue weighted by Gasteiger charge is 2.14.